The Labute approximate surface area is 126 Å². The van der Waals surface area contributed by atoms with Crippen LogP contribution in [0.25, 0.3) is 0 Å². The predicted octanol–water partition coefficient (Wildman–Crippen LogP) is 3.45. The number of carboxylic acid groups (broad SMARTS) is 1. The molecule has 1 amide bonds. The van der Waals surface area contributed by atoms with Crippen molar-refractivity contribution in [2.75, 3.05) is 0 Å². The fourth-order valence-electron chi connectivity index (χ4n) is 2.63. The number of carboxylic acids is 1. The van der Waals surface area contributed by atoms with Gasteiger partial charge in [-0.05, 0) is 37.8 Å². The van der Waals surface area contributed by atoms with Crippen LogP contribution in [-0.4, -0.2) is 17.0 Å². The van der Waals surface area contributed by atoms with Gasteiger partial charge in [0.15, 0.2) is 0 Å². The average Bonchev–Trinajstić information content (AvgIpc) is 2.44. The van der Waals surface area contributed by atoms with Gasteiger partial charge in [0.05, 0.1) is 11.5 Å². The number of benzene rings is 1. The van der Waals surface area contributed by atoms with Gasteiger partial charge in [0.1, 0.15) is 0 Å². The number of hydrogen-bond acceptors (Lipinski definition) is 2. The van der Waals surface area contributed by atoms with E-state index in [4.69, 9.17) is 0 Å². The summed E-state index contributed by atoms with van der Waals surface area (Å²) >= 11 is 0. The molecular weight excluding hydrogens is 266 g/mol. The van der Waals surface area contributed by atoms with Crippen molar-refractivity contribution in [3.63, 3.8) is 0 Å². The van der Waals surface area contributed by atoms with Crippen LogP contribution < -0.4 is 5.32 Å². The van der Waals surface area contributed by atoms with Crippen LogP contribution in [0.2, 0.25) is 0 Å². The number of carbonyl (C=O) groups is 2. The standard InChI is InChI=1S/C17H25NO3/c1-5-17(6-2,16(20)21)11-15(19)18-13(4)14-10-8-7-9-12(14)3/h7-10,13H,5-6,11H2,1-4H3,(H,18,19)(H,20,21)/t13-/m0/s1. The minimum absolute atomic E-state index is 0.0194. The summed E-state index contributed by atoms with van der Waals surface area (Å²) in [5.74, 6) is -1.11. The van der Waals surface area contributed by atoms with Gasteiger partial charge in [-0.3, -0.25) is 9.59 Å². The molecule has 21 heavy (non-hydrogen) atoms. The van der Waals surface area contributed by atoms with E-state index in [1.807, 2.05) is 52.0 Å². The third-order valence-corrected chi connectivity index (χ3v) is 4.34. The second-order valence-electron chi connectivity index (χ2n) is 5.62. The molecule has 0 saturated heterocycles. The summed E-state index contributed by atoms with van der Waals surface area (Å²) in [4.78, 5) is 23.7. The van der Waals surface area contributed by atoms with Gasteiger partial charge in [0.25, 0.3) is 0 Å². The first-order valence-electron chi connectivity index (χ1n) is 7.44. The number of amides is 1. The van der Waals surface area contributed by atoms with E-state index < -0.39 is 11.4 Å². The Morgan fingerprint density at radius 3 is 2.29 bits per heavy atom. The van der Waals surface area contributed by atoms with Crippen LogP contribution in [0, 0.1) is 12.3 Å². The molecule has 0 fully saturated rings. The zero-order valence-electron chi connectivity index (χ0n) is 13.3. The highest BCUT2D eigenvalue weighted by Crippen LogP contribution is 2.31. The zero-order chi connectivity index (χ0) is 16.0. The van der Waals surface area contributed by atoms with Gasteiger partial charge in [0.2, 0.25) is 5.91 Å². The Balaban J connectivity index is 2.77. The van der Waals surface area contributed by atoms with E-state index in [1.54, 1.807) is 0 Å². The molecule has 0 spiro atoms. The molecule has 0 radical (unpaired) electrons. The minimum Gasteiger partial charge on any atom is -0.481 e. The monoisotopic (exact) mass is 291 g/mol. The molecule has 1 atom stereocenters. The normalized spacial score (nSPS) is 12.8. The number of nitrogens with one attached hydrogen (secondary N) is 1. The third-order valence-electron chi connectivity index (χ3n) is 4.34. The van der Waals surface area contributed by atoms with E-state index in [0.29, 0.717) is 12.8 Å². The van der Waals surface area contributed by atoms with E-state index >= 15 is 0 Å². The molecule has 1 aromatic carbocycles. The maximum atomic E-state index is 12.2. The Morgan fingerprint density at radius 1 is 1.24 bits per heavy atom. The predicted molar refractivity (Wildman–Crippen MR) is 83.0 cm³/mol. The second kappa shape index (κ2) is 7.25. The van der Waals surface area contributed by atoms with Crippen LogP contribution in [0.3, 0.4) is 0 Å². The molecule has 0 aliphatic carbocycles. The largest absolute Gasteiger partial charge is 0.481 e. The maximum absolute atomic E-state index is 12.2. The Kier molecular flexibility index (Phi) is 5.94. The van der Waals surface area contributed by atoms with Crippen LogP contribution in [0.15, 0.2) is 24.3 Å². The summed E-state index contributed by atoms with van der Waals surface area (Å²) in [6.07, 6.45) is 0.918. The van der Waals surface area contributed by atoms with Crippen LogP contribution in [-0.2, 0) is 9.59 Å². The first kappa shape index (κ1) is 17.2. The van der Waals surface area contributed by atoms with Gasteiger partial charge >= 0.3 is 5.97 Å². The number of carbonyl (C=O) groups excluding carboxylic acids is 1. The lowest BCUT2D eigenvalue weighted by atomic mass is 9.79. The molecule has 4 nitrogen and oxygen atoms in total. The first-order valence-corrected chi connectivity index (χ1v) is 7.44. The molecule has 0 aromatic heterocycles. The number of aryl methyl sites for hydroxylation is 1. The number of hydrogen-bond donors (Lipinski definition) is 2. The van der Waals surface area contributed by atoms with Gasteiger partial charge < -0.3 is 10.4 Å². The molecule has 116 valence electrons. The van der Waals surface area contributed by atoms with Crippen LogP contribution >= 0.6 is 0 Å². The molecule has 0 unspecified atom stereocenters. The second-order valence-corrected chi connectivity index (χ2v) is 5.62. The Morgan fingerprint density at radius 2 is 1.81 bits per heavy atom. The summed E-state index contributed by atoms with van der Waals surface area (Å²) in [5, 5.41) is 12.3. The molecule has 4 heteroatoms. The topological polar surface area (TPSA) is 66.4 Å². The molecule has 0 saturated carbocycles. The lowest BCUT2D eigenvalue weighted by Gasteiger charge is -2.27. The molecular formula is C17H25NO3. The number of aliphatic carboxylic acids is 1. The van der Waals surface area contributed by atoms with Gasteiger partial charge in [-0.2, -0.15) is 0 Å². The van der Waals surface area contributed by atoms with Crippen molar-refractivity contribution in [3.8, 4) is 0 Å². The highest BCUT2D eigenvalue weighted by molar-refractivity contribution is 5.85. The van der Waals surface area contributed by atoms with Crippen molar-refractivity contribution in [1.82, 2.24) is 5.32 Å². The molecule has 0 bridgehead atoms. The van der Waals surface area contributed by atoms with Crippen molar-refractivity contribution in [2.45, 2.75) is 53.0 Å². The number of rotatable bonds is 7. The fourth-order valence-corrected chi connectivity index (χ4v) is 2.63. The molecule has 0 aliphatic heterocycles. The van der Waals surface area contributed by atoms with Crippen molar-refractivity contribution < 1.29 is 14.7 Å². The average molecular weight is 291 g/mol. The molecule has 0 heterocycles. The lowest BCUT2D eigenvalue weighted by molar-refractivity contribution is -0.152. The van der Waals surface area contributed by atoms with Crippen molar-refractivity contribution in [3.05, 3.63) is 35.4 Å². The van der Waals surface area contributed by atoms with Crippen molar-refractivity contribution in [2.24, 2.45) is 5.41 Å². The fraction of sp³-hybridized carbons (Fsp3) is 0.529. The van der Waals surface area contributed by atoms with Crippen molar-refractivity contribution in [1.29, 1.82) is 0 Å². The summed E-state index contributed by atoms with van der Waals surface area (Å²) in [7, 11) is 0. The summed E-state index contributed by atoms with van der Waals surface area (Å²) in [5.41, 5.74) is 1.20. The summed E-state index contributed by atoms with van der Waals surface area (Å²) < 4.78 is 0. The van der Waals surface area contributed by atoms with Gasteiger partial charge in [0, 0.05) is 6.42 Å². The molecule has 0 aliphatic rings. The highest BCUT2D eigenvalue weighted by Gasteiger charge is 2.37. The Bertz CT molecular complexity index is 507. The van der Waals surface area contributed by atoms with Gasteiger partial charge in [-0.25, -0.2) is 0 Å². The molecule has 1 aromatic rings. The third kappa shape index (κ3) is 4.06. The van der Waals surface area contributed by atoms with Gasteiger partial charge in [-0.1, -0.05) is 38.1 Å². The smallest absolute Gasteiger partial charge is 0.310 e. The van der Waals surface area contributed by atoms with Crippen LogP contribution in [0.4, 0.5) is 0 Å². The SMILES string of the molecule is CCC(CC)(CC(=O)N[C@@H](C)c1ccccc1C)C(=O)O. The van der Waals surface area contributed by atoms with E-state index in [1.165, 1.54) is 0 Å². The molecule has 2 N–H and O–H groups in total. The maximum Gasteiger partial charge on any atom is 0.310 e. The van der Waals surface area contributed by atoms with E-state index in [0.717, 1.165) is 11.1 Å². The quantitative estimate of drug-likeness (QED) is 0.808. The zero-order valence-corrected chi connectivity index (χ0v) is 13.3. The Hall–Kier alpha value is -1.84. The van der Waals surface area contributed by atoms with E-state index in [9.17, 15) is 14.7 Å². The van der Waals surface area contributed by atoms with Gasteiger partial charge in [-0.15, -0.1) is 0 Å². The van der Waals surface area contributed by atoms with E-state index in [-0.39, 0.29) is 18.4 Å². The van der Waals surface area contributed by atoms with Crippen molar-refractivity contribution >= 4 is 11.9 Å². The van der Waals surface area contributed by atoms with E-state index in [2.05, 4.69) is 5.32 Å². The first-order chi connectivity index (χ1) is 9.86. The van der Waals surface area contributed by atoms with Crippen LogP contribution in [0.1, 0.15) is 57.2 Å². The lowest BCUT2D eigenvalue weighted by Crippen LogP contribution is -2.37. The summed E-state index contributed by atoms with van der Waals surface area (Å²) in [6.45, 7) is 7.55. The summed E-state index contributed by atoms with van der Waals surface area (Å²) in [6, 6.07) is 7.74. The minimum atomic E-state index is -0.963. The molecule has 1 rings (SSSR count). The highest BCUT2D eigenvalue weighted by atomic mass is 16.4. The van der Waals surface area contributed by atoms with Crippen LogP contribution in [0.5, 0.6) is 0 Å².